The fourth-order valence-electron chi connectivity index (χ4n) is 1.30. The SMILES string of the molecule is CC(=O)Nc1ccc2scc(O)c2c1. The summed E-state index contributed by atoms with van der Waals surface area (Å²) < 4.78 is 1.01. The van der Waals surface area contributed by atoms with Crippen molar-refractivity contribution in [3.8, 4) is 5.75 Å². The van der Waals surface area contributed by atoms with Gasteiger partial charge < -0.3 is 10.4 Å². The number of carbonyl (C=O) groups excluding carboxylic acids is 1. The van der Waals surface area contributed by atoms with E-state index in [1.54, 1.807) is 11.4 Å². The molecular weight excluding hydrogens is 198 g/mol. The summed E-state index contributed by atoms with van der Waals surface area (Å²) in [5.41, 5.74) is 0.707. The highest BCUT2D eigenvalue weighted by atomic mass is 32.1. The summed E-state index contributed by atoms with van der Waals surface area (Å²) in [7, 11) is 0. The lowest BCUT2D eigenvalue weighted by Crippen LogP contribution is -2.05. The number of hydrogen-bond donors (Lipinski definition) is 2. The van der Waals surface area contributed by atoms with Crippen LogP contribution in [0.1, 0.15) is 6.92 Å². The van der Waals surface area contributed by atoms with Gasteiger partial charge in [-0.2, -0.15) is 0 Å². The second-order valence-electron chi connectivity index (χ2n) is 3.01. The lowest BCUT2D eigenvalue weighted by Gasteiger charge is -2.01. The van der Waals surface area contributed by atoms with Crippen LogP contribution >= 0.6 is 11.3 Å². The number of thiophene rings is 1. The van der Waals surface area contributed by atoms with Gasteiger partial charge in [-0.15, -0.1) is 11.3 Å². The summed E-state index contributed by atoms with van der Waals surface area (Å²) in [4.78, 5) is 10.8. The van der Waals surface area contributed by atoms with Gasteiger partial charge in [-0.05, 0) is 18.2 Å². The van der Waals surface area contributed by atoms with Crippen molar-refractivity contribution in [2.24, 2.45) is 0 Å². The predicted octanol–water partition coefficient (Wildman–Crippen LogP) is 2.57. The van der Waals surface area contributed by atoms with E-state index in [2.05, 4.69) is 5.32 Å². The Labute approximate surface area is 85.0 Å². The molecular formula is C10H9NO2S. The molecule has 0 saturated carbocycles. The number of amides is 1. The van der Waals surface area contributed by atoms with Crippen LogP contribution < -0.4 is 5.32 Å². The minimum Gasteiger partial charge on any atom is -0.506 e. The Morgan fingerprint density at radius 3 is 3.00 bits per heavy atom. The van der Waals surface area contributed by atoms with Crippen molar-refractivity contribution < 1.29 is 9.90 Å². The Morgan fingerprint density at radius 2 is 2.29 bits per heavy atom. The number of fused-ring (bicyclic) bond motifs is 1. The highest BCUT2D eigenvalue weighted by molar-refractivity contribution is 7.17. The van der Waals surface area contributed by atoms with Crippen LogP contribution in [0.25, 0.3) is 10.1 Å². The smallest absolute Gasteiger partial charge is 0.221 e. The Balaban J connectivity index is 2.49. The van der Waals surface area contributed by atoms with Gasteiger partial charge in [-0.3, -0.25) is 4.79 Å². The van der Waals surface area contributed by atoms with Gasteiger partial charge in [0.1, 0.15) is 5.75 Å². The average molecular weight is 207 g/mol. The highest BCUT2D eigenvalue weighted by Gasteiger charge is 2.03. The third-order valence-electron chi connectivity index (χ3n) is 1.87. The fraction of sp³-hybridized carbons (Fsp3) is 0.100. The van der Waals surface area contributed by atoms with Gasteiger partial charge in [0.15, 0.2) is 0 Å². The van der Waals surface area contributed by atoms with Crippen LogP contribution in [0.15, 0.2) is 23.6 Å². The first kappa shape index (κ1) is 9.02. The van der Waals surface area contributed by atoms with Gasteiger partial charge in [0.2, 0.25) is 5.91 Å². The Morgan fingerprint density at radius 1 is 1.50 bits per heavy atom. The predicted molar refractivity (Wildman–Crippen MR) is 57.8 cm³/mol. The molecule has 0 radical (unpaired) electrons. The van der Waals surface area contributed by atoms with Gasteiger partial charge in [0, 0.05) is 28.1 Å². The first-order valence-corrected chi connectivity index (χ1v) is 5.02. The summed E-state index contributed by atoms with van der Waals surface area (Å²) in [5.74, 6) is 0.149. The third-order valence-corrected chi connectivity index (χ3v) is 2.82. The van der Waals surface area contributed by atoms with E-state index in [1.807, 2.05) is 12.1 Å². The molecule has 2 N–H and O–H groups in total. The molecule has 14 heavy (non-hydrogen) atoms. The maximum atomic E-state index is 10.8. The highest BCUT2D eigenvalue weighted by Crippen LogP contribution is 2.32. The summed E-state index contributed by atoms with van der Waals surface area (Å²) in [6, 6.07) is 5.47. The van der Waals surface area contributed by atoms with Crippen LogP contribution in [0.3, 0.4) is 0 Å². The molecule has 0 unspecified atom stereocenters. The number of benzene rings is 1. The zero-order chi connectivity index (χ0) is 10.1. The Hall–Kier alpha value is -1.55. The number of aromatic hydroxyl groups is 1. The van der Waals surface area contributed by atoms with Crippen LogP contribution in [-0.2, 0) is 4.79 Å². The monoisotopic (exact) mass is 207 g/mol. The first-order valence-electron chi connectivity index (χ1n) is 4.14. The van der Waals surface area contributed by atoms with Crippen molar-refractivity contribution in [3.05, 3.63) is 23.6 Å². The van der Waals surface area contributed by atoms with E-state index in [0.29, 0.717) is 5.69 Å². The molecule has 0 spiro atoms. The molecule has 0 bridgehead atoms. The van der Waals surface area contributed by atoms with Crippen molar-refractivity contribution in [2.45, 2.75) is 6.92 Å². The van der Waals surface area contributed by atoms with E-state index in [4.69, 9.17) is 0 Å². The molecule has 2 aromatic rings. The molecule has 1 aromatic heterocycles. The minimum atomic E-state index is -0.112. The molecule has 1 heterocycles. The molecule has 72 valence electrons. The van der Waals surface area contributed by atoms with Crippen LogP contribution in [0, 0.1) is 0 Å². The third kappa shape index (κ3) is 1.56. The quantitative estimate of drug-likeness (QED) is 0.755. The second kappa shape index (κ2) is 3.31. The fourth-order valence-corrected chi connectivity index (χ4v) is 2.10. The minimum absolute atomic E-state index is 0.112. The topological polar surface area (TPSA) is 49.3 Å². The number of nitrogens with one attached hydrogen (secondary N) is 1. The molecule has 2 rings (SSSR count). The Kier molecular flexibility index (Phi) is 2.13. The second-order valence-corrected chi connectivity index (χ2v) is 3.92. The lowest BCUT2D eigenvalue weighted by molar-refractivity contribution is -0.114. The maximum absolute atomic E-state index is 10.8. The Bertz CT molecular complexity index is 490. The molecule has 0 aliphatic carbocycles. The largest absolute Gasteiger partial charge is 0.506 e. The lowest BCUT2D eigenvalue weighted by atomic mass is 10.2. The molecule has 0 aliphatic rings. The number of rotatable bonds is 1. The van der Waals surface area contributed by atoms with Gasteiger partial charge in [0.25, 0.3) is 0 Å². The normalized spacial score (nSPS) is 10.4. The van der Waals surface area contributed by atoms with Crippen molar-refractivity contribution in [2.75, 3.05) is 5.32 Å². The zero-order valence-electron chi connectivity index (χ0n) is 7.57. The summed E-state index contributed by atoms with van der Waals surface area (Å²) in [6.07, 6.45) is 0. The summed E-state index contributed by atoms with van der Waals surface area (Å²) >= 11 is 1.48. The molecule has 0 atom stereocenters. The summed E-state index contributed by atoms with van der Waals surface area (Å²) in [6.45, 7) is 1.46. The molecule has 1 aromatic carbocycles. The molecule has 0 fully saturated rings. The van der Waals surface area contributed by atoms with Crippen molar-refractivity contribution in [3.63, 3.8) is 0 Å². The molecule has 0 aliphatic heterocycles. The van der Waals surface area contributed by atoms with Gasteiger partial charge in [-0.25, -0.2) is 0 Å². The first-order chi connectivity index (χ1) is 6.66. The van der Waals surface area contributed by atoms with E-state index in [0.717, 1.165) is 10.1 Å². The van der Waals surface area contributed by atoms with E-state index in [1.165, 1.54) is 18.3 Å². The van der Waals surface area contributed by atoms with Crippen LogP contribution in [0.4, 0.5) is 5.69 Å². The van der Waals surface area contributed by atoms with E-state index in [9.17, 15) is 9.90 Å². The van der Waals surface area contributed by atoms with E-state index >= 15 is 0 Å². The number of hydrogen-bond acceptors (Lipinski definition) is 3. The van der Waals surface area contributed by atoms with Crippen molar-refractivity contribution in [1.29, 1.82) is 0 Å². The molecule has 1 amide bonds. The van der Waals surface area contributed by atoms with Gasteiger partial charge >= 0.3 is 0 Å². The number of carbonyl (C=O) groups is 1. The molecule has 4 heteroatoms. The zero-order valence-corrected chi connectivity index (χ0v) is 8.39. The summed E-state index contributed by atoms with van der Waals surface area (Å²) in [5, 5.41) is 14.6. The van der Waals surface area contributed by atoms with Crippen LogP contribution in [0.2, 0.25) is 0 Å². The van der Waals surface area contributed by atoms with Crippen LogP contribution in [-0.4, -0.2) is 11.0 Å². The molecule has 0 saturated heterocycles. The number of anilines is 1. The van der Waals surface area contributed by atoms with Gasteiger partial charge in [-0.1, -0.05) is 0 Å². The molecule has 3 nitrogen and oxygen atoms in total. The van der Waals surface area contributed by atoms with Gasteiger partial charge in [0.05, 0.1) is 0 Å². The van der Waals surface area contributed by atoms with Crippen LogP contribution in [0.5, 0.6) is 5.75 Å². The van der Waals surface area contributed by atoms with Crippen molar-refractivity contribution >= 4 is 33.0 Å². The van der Waals surface area contributed by atoms with Crippen molar-refractivity contribution in [1.82, 2.24) is 0 Å². The maximum Gasteiger partial charge on any atom is 0.221 e. The van der Waals surface area contributed by atoms with E-state index in [-0.39, 0.29) is 11.7 Å². The van der Waals surface area contributed by atoms with E-state index < -0.39 is 0 Å². The average Bonchev–Trinajstić information content (AvgIpc) is 2.47. The standard InChI is InChI=1S/C10H9NO2S/c1-6(12)11-7-2-3-10-8(4-7)9(13)5-14-10/h2-5,13H,1H3,(H,11,12).